The van der Waals surface area contributed by atoms with Crippen LogP contribution in [0, 0.1) is 0 Å². The highest BCUT2D eigenvalue weighted by Gasteiger charge is 2.18. The molecule has 2 N–H and O–H groups in total. The monoisotopic (exact) mass is 402 g/mol. The van der Waals surface area contributed by atoms with E-state index < -0.39 is 0 Å². The summed E-state index contributed by atoms with van der Waals surface area (Å²) in [6.07, 6.45) is 0.278. The SMILES string of the molecule is COc1ccc(CNC(=O)CNC(=O)CC(c2ccccc2)c2ccccc2)cc1. The third kappa shape index (κ3) is 6.21. The van der Waals surface area contributed by atoms with Gasteiger partial charge in [-0.1, -0.05) is 72.8 Å². The molecule has 0 bridgehead atoms. The van der Waals surface area contributed by atoms with E-state index in [9.17, 15) is 9.59 Å². The summed E-state index contributed by atoms with van der Waals surface area (Å²) in [7, 11) is 1.61. The van der Waals surface area contributed by atoms with E-state index >= 15 is 0 Å². The van der Waals surface area contributed by atoms with E-state index in [0.717, 1.165) is 22.4 Å². The second kappa shape index (κ2) is 10.8. The standard InChI is InChI=1S/C25H26N2O3/c1-30-22-14-12-19(13-15-22)17-26-25(29)18-27-24(28)16-23(20-8-4-2-5-9-20)21-10-6-3-7-11-21/h2-15,23H,16-18H2,1H3,(H,26,29)(H,27,28). The molecule has 0 spiro atoms. The molecule has 30 heavy (non-hydrogen) atoms. The fourth-order valence-corrected chi connectivity index (χ4v) is 3.24. The minimum absolute atomic E-state index is 0.0503. The third-order valence-electron chi connectivity index (χ3n) is 4.89. The van der Waals surface area contributed by atoms with Crippen molar-refractivity contribution in [3.05, 3.63) is 102 Å². The van der Waals surface area contributed by atoms with Crippen molar-refractivity contribution in [1.82, 2.24) is 10.6 Å². The molecule has 154 valence electrons. The molecule has 0 fully saturated rings. The van der Waals surface area contributed by atoms with Crippen LogP contribution < -0.4 is 15.4 Å². The zero-order chi connectivity index (χ0) is 21.2. The van der Waals surface area contributed by atoms with Crippen molar-refractivity contribution in [3.8, 4) is 5.75 Å². The maximum absolute atomic E-state index is 12.5. The highest BCUT2D eigenvalue weighted by Crippen LogP contribution is 2.27. The van der Waals surface area contributed by atoms with E-state index in [1.54, 1.807) is 7.11 Å². The molecular formula is C25H26N2O3. The van der Waals surface area contributed by atoms with Crippen LogP contribution in [0.25, 0.3) is 0 Å². The Kier molecular flexibility index (Phi) is 7.61. The number of nitrogens with one attached hydrogen (secondary N) is 2. The highest BCUT2D eigenvalue weighted by atomic mass is 16.5. The quantitative estimate of drug-likeness (QED) is 0.574. The fraction of sp³-hybridized carbons (Fsp3) is 0.200. The van der Waals surface area contributed by atoms with Crippen molar-refractivity contribution in [2.75, 3.05) is 13.7 Å². The Balaban J connectivity index is 1.52. The normalized spacial score (nSPS) is 10.5. The summed E-state index contributed by atoms with van der Waals surface area (Å²) in [5.41, 5.74) is 3.11. The Bertz CT molecular complexity index is 902. The number of amides is 2. The minimum atomic E-state index is -0.227. The molecule has 0 aliphatic rings. The summed E-state index contributed by atoms with van der Waals surface area (Å²) in [6.45, 7) is 0.348. The summed E-state index contributed by atoms with van der Waals surface area (Å²) in [6, 6.07) is 27.3. The fourth-order valence-electron chi connectivity index (χ4n) is 3.24. The number of ether oxygens (including phenoxy) is 1. The number of hydrogen-bond donors (Lipinski definition) is 2. The first-order chi connectivity index (χ1) is 14.7. The van der Waals surface area contributed by atoms with Crippen LogP contribution >= 0.6 is 0 Å². The molecular weight excluding hydrogens is 376 g/mol. The molecule has 2 amide bonds. The molecule has 5 heteroatoms. The Morgan fingerprint density at radius 3 is 1.87 bits per heavy atom. The topological polar surface area (TPSA) is 67.4 Å². The van der Waals surface area contributed by atoms with Crippen molar-refractivity contribution in [2.45, 2.75) is 18.9 Å². The lowest BCUT2D eigenvalue weighted by Gasteiger charge is -2.18. The Hall–Kier alpha value is -3.60. The second-order valence-electron chi connectivity index (χ2n) is 6.98. The summed E-state index contributed by atoms with van der Waals surface area (Å²) < 4.78 is 5.12. The first-order valence-electron chi connectivity index (χ1n) is 9.92. The first kappa shape index (κ1) is 21.1. The van der Waals surface area contributed by atoms with Gasteiger partial charge in [0.25, 0.3) is 0 Å². The van der Waals surface area contributed by atoms with Gasteiger partial charge in [0, 0.05) is 18.9 Å². The molecule has 3 rings (SSSR count). The van der Waals surface area contributed by atoms with Gasteiger partial charge in [-0.15, -0.1) is 0 Å². The number of carbonyl (C=O) groups excluding carboxylic acids is 2. The number of rotatable bonds is 9. The zero-order valence-electron chi connectivity index (χ0n) is 17.0. The van der Waals surface area contributed by atoms with E-state index in [4.69, 9.17) is 4.74 Å². The van der Waals surface area contributed by atoms with Gasteiger partial charge in [-0.3, -0.25) is 9.59 Å². The molecule has 3 aromatic rings. The summed E-state index contributed by atoms with van der Waals surface area (Å²) in [5, 5.41) is 5.55. The maximum atomic E-state index is 12.5. The van der Waals surface area contributed by atoms with Gasteiger partial charge in [-0.25, -0.2) is 0 Å². The number of hydrogen-bond acceptors (Lipinski definition) is 3. The van der Waals surface area contributed by atoms with Crippen LogP contribution in [-0.2, 0) is 16.1 Å². The van der Waals surface area contributed by atoms with Crippen molar-refractivity contribution >= 4 is 11.8 Å². The molecule has 0 saturated carbocycles. The van der Waals surface area contributed by atoms with Gasteiger partial charge in [0.15, 0.2) is 0 Å². The third-order valence-corrected chi connectivity index (χ3v) is 4.89. The van der Waals surface area contributed by atoms with Crippen LogP contribution in [0.1, 0.15) is 29.0 Å². The first-order valence-corrected chi connectivity index (χ1v) is 9.92. The lowest BCUT2D eigenvalue weighted by molar-refractivity contribution is -0.126. The number of benzene rings is 3. The smallest absolute Gasteiger partial charge is 0.239 e. The molecule has 0 saturated heterocycles. The maximum Gasteiger partial charge on any atom is 0.239 e. The van der Waals surface area contributed by atoms with Gasteiger partial charge < -0.3 is 15.4 Å². The van der Waals surface area contributed by atoms with Crippen molar-refractivity contribution in [3.63, 3.8) is 0 Å². The highest BCUT2D eigenvalue weighted by molar-refractivity contribution is 5.85. The van der Waals surface area contributed by atoms with Crippen molar-refractivity contribution in [2.24, 2.45) is 0 Å². The van der Waals surface area contributed by atoms with E-state index in [-0.39, 0.29) is 30.7 Å². The minimum Gasteiger partial charge on any atom is -0.497 e. The van der Waals surface area contributed by atoms with Crippen LogP contribution in [0.5, 0.6) is 5.75 Å². The van der Waals surface area contributed by atoms with Crippen molar-refractivity contribution in [1.29, 1.82) is 0 Å². The van der Waals surface area contributed by atoms with Gasteiger partial charge >= 0.3 is 0 Å². The predicted molar refractivity (Wildman–Crippen MR) is 117 cm³/mol. The second-order valence-corrected chi connectivity index (χ2v) is 6.98. The molecule has 0 radical (unpaired) electrons. The zero-order valence-corrected chi connectivity index (χ0v) is 17.0. The summed E-state index contributed by atoms with van der Waals surface area (Å²) >= 11 is 0. The van der Waals surface area contributed by atoms with Gasteiger partial charge in [-0.2, -0.15) is 0 Å². The summed E-state index contributed by atoms with van der Waals surface area (Å²) in [4.78, 5) is 24.7. The molecule has 0 unspecified atom stereocenters. The Morgan fingerprint density at radius 1 is 0.767 bits per heavy atom. The average Bonchev–Trinajstić information content (AvgIpc) is 2.81. The molecule has 0 aliphatic carbocycles. The molecule has 3 aromatic carbocycles. The predicted octanol–water partition coefficient (Wildman–Crippen LogP) is 3.65. The van der Waals surface area contributed by atoms with Gasteiger partial charge in [0.1, 0.15) is 5.75 Å². The van der Waals surface area contributed by atoms with Crippen LogP contribution in [0.2, 0.25) is 0 Å². The van der Waals surface area contributed by atoms with Crippen LogP contribution in [0.3, 0.4) is 0 Å². The lowest BCUT2D eigenvalue weighted by atomic mass is 9.88. The molecule has 0 heterocycles. The van der Waals surface area contributed by atoms with Crippen LogP contribution in [-0.4, -0.2) is 25.5 Å². The number of carbonyl (C=O) groups is 2. The molecule has 0 atom stereocenters. The largest absolute Gasteiger partial charge is 0.497 e. The Labute approximate surface area is 177 Å². The van der Waals surface area contributed by atoms with E-state index in [1.165, 1.54) is 0 Å². The average molecular weight is 402 g/mol. The molecule has 0 aliphatic heterocycles. The number of methoxy groups -OCH3 is 1. The van der Waals surface area contributed by atoms with Crippen molar-refractivity contribution < 1.29 is 14.3 Å². The van der Waals surface area contributed by atoms with E-state index in [1.807, 2.05) is 84.9 Å². The summed E-state index contributed by atoms with van der Waals surface area (Å²) in [5.74, 6) is 0.320. The lowest BCUT2D eigenvalue weighted by Crippen LogP contribution is -2.37. The Morgan fingerprint density at radius 2 is 1.33 bits per heavy atom. The van der Waals surface area contributed by atoms with Gasteiger partial charge in [0.05, 0.1) is 13.7 Å². The van der Waals surface area contributed by atoms with Gasteiger partial charge in [0.2, 0.25) is 11.8 Å². The molecule has 0 aromatic heterocycles. The molecule has 5 nitrogen and oxygen atoms in total. The van der Waals surface area contributed by atoms with Crippen LogP contribution in [0.4, 0.5) is 0 Å². The van der Waals surface area contributed by atoms with E-state index in [0.29, 0.717) is 6.54 Å². The van der Waals surface area contributed by atoms with E-state index in [2.05, 4.69) is 10.6 Å². The van der Waals surface area contributed by atoms with Gasteiger partial charge in [-0.05, 0) is 28.8 Å². The van der Waals surface area contributed by atoms with Crippen LogP contribution in [0.15, 0.2) is 84.9 Å².